The standard InChI is InChI=1S/C6H8O2S2Se/c1-2-9-3-4-11-10-5-6(7)8/h2-4H,1,5H2,(H,7,8)/b4-3-. The van der Waals surface area contributed by atoms with Crippen LogP contribution in [0.4, 0.5) is 0 Å². The molecule has 0 saturated carbocycles. The van der Waals surface area contributed by atoms with Crippen LogP contribution in [0.25, 0.3) is 0 Å². The van der Waals surface area contributed by atoms with Crippen molar-refractivity contribution in [1.82, 2.24) is 0 Å². The first-order valence-electron chi connectivity index (χ1n) is 2.69. The van der Waals surface area contributed by atoms with Crippen molar-refractivity contribution in [3.05, 3.63) is 22.4 Å². The topological polar surface area (TPSA) is 37.3 Å². The summed E-state index contributed by atoms with van der Waals surface area (Å²) in [6, 6.07) is 0. The Bertz CT molecular complexity index is 159. The number of thioether (sulfide) groups is 1. The Kier molecular flexibility index (Phi) is 8.40. The van der Waals surface area contributed by atoms with Crippen LogP contribution in [-0.2, 0) is 4.79 Å². The Morgan fingerprint density at radius 1 is 1.73 bits per heavy atom. The molecule has 2 nitrogen and oxygen atoms in total. The van der Waals surface area contributed by atoms with Crippen molar-refractivity contribution in [3.63, 3.8) is 0 Å². The zero-order valence-corrected chi connectivity index (χ0v) is 9.07. The third kappa shape index (κ3) is 10.2. The van der Waals surface area contributed by atoms with Gasteiger partial charge < -0.3 is 0 Å². The average molecular weight is 255 g/mol. The van der Waals surface area contributed by atoms with Crippen LogP contribution in [0.2, 0.25) is 0 Å². The molecule has 0 aliphatic heterocycles. The summed E-state index contributed by atoms with van der Waals surface area (Å²) in [5.74, 6) is -0.551. The van der Waals surface area contributed by atoms with Gasteiger partial charge >= 0.3 is 79.8 Å². The molecule has 0 aromatic heterocycles. The Morgan fingerprint density at radius 2 is 2.45 bits per heavy atom. The maximum atomic E-state index is 10.0. The monoisotopic (exact) mass is 256 g/mol. The minimum atomic E-state index is -0.748. The van der Waals surface area contributed by atoms with E-state index in [4.69, 9.17) is 5.11 Å². The van der Waals surface area contributed by atoms with E-state index in [2.05, 4.69) is 6.58 Å². The summed E-state index contributed by atoms with van der Waals surface area (Å²) in [5.41, 5.74) is 0. The van der Waals surface area contributed by atoms with Crippen molar-refractivity contribution in [1.29, 1.82) is 0 Å². The van der Waals surface area contributed by atoms with E-state index in [1.54, 1.807) is 5.41 Å². The number of carboxylic acid groups (broad SMARTS) is 1. The molecule has 0 aliphatic rings. The fourth-order valence-electron chi connectivity index (χ4n) is 0.234. The van der Waals surface area contributed by atoms with Gasteiger partial charge in [0, 0.05) is 0 Å². The predicted molar refractivity (Wildman–Crippen MR) is 52.8 cm³/mol. The van der Waals surface area contributed by atoms with Crippen molar-refractivity contribution in [3.8, 4) is 0 Å². The summed E-state index contributed by atoms with van der Waals surface area (Å²) >= 11 is 1.75. The molecule has 0 atom stereocenters. The van der Waals surface area contributed by atoms with Crippen molar-refractivity contribution in [2.24, 2.45) is 0 Å². The number of carbonyl (C=O) groups is 1. The molecule has 0 rings (SSSR count). The van der Waals surface area contributed by atoms with Crippen LogP contribution >= 0.6 is 21.9 Å². The molecule has 62 valence electrons. The molecule has 11 heavy (non-hydrogen) atoms. The van der Waals surface area contributed by atoms with Crippen LogP contribution in [0.3, 0.4) is 0 Å². The molecule has 0 heterocycles. The van der Waals surface area contributed by atoms with Crippen LogP contribution in [0.5, 0.6) is 0 Å². The number of hydrogen-bond acceptors (Lipinski definition) is 3. The number of aliphatic carboxylic acids is 1. The summed E-state index contributed by atoms with van der Waals surface area (Å²) in [6.45, 7) is 3.52. The summed E-state index contributed by atoms with van der Waals surface area (Å²) in [6.07, 6.45) is 0. The first-order chi connectivity index (χ1) is 5.27. The van der Waals surface area contributed by atoms with Gasteiger partial charge in [0.2, 0.25) is 0 Å². The Hall–Kier alpha value is 0.169. The molecule has 0 bridgehead atoms. The molecular formula is C6H8O2S2Se. The van der Waals surface area contributed by atoms with Gasteiger partial charge in [0.25, 0.3) is 0 Å². The van der Waals surface area contributed by atoms with E-state index >= 15 is 0 Å². The first-order valence-corrected chi connectivity index (χ1v) is 7.63. The van der Waals surface area contributed by atoms with Gasteiger partial charge in [-0.05, 0) is 0 Å². The van der Waals surface area contributed by atoms with Crippen molar-refractivity contribution in [2.45, 2.75) is 0 Å². The molecule has 0 amide bonds. The normalized spacial score (nSPS) is 10.2. The van der Waals surface area contributed by atoms with Crippen LogP contribution < -0.4 is 0 Å². The van der Waals surface area contributed by atoms with E-state index in [9.17, 15) is 4.79 Å². The fraction of sp³-hybridized carbons (Fsp3) is 0.167. The molecule has 5 heteroatoms. The zero-order valence-electron chi connectivity index (χ0n) is 5.73. The third-order valence-electron chi connectivity index (χ3n) is 0.536. The summed E-state index contributed by atoms with van der Waals surface area (Å²) in [5, 5.41) is 11.9. The van der Waals surface area contributed by atoms with E-state index in [1.165, 1.54) is 21.9 Å². The van der Waals surface area contributed by atoms with Gasteiger partial charge in [-0.25, -0.2) is 0 Å². The predicted octanol–water partition coefficient (Wildman–Crippen LogP) is 1.77. The van der Waals surface area contributed by atoms with Crippen molar-refractivity contribution in [2.75, 3.05) is 5.75 Å². The Balaban J connectivity index is 3.13. The van der Waals surface area contributed by atoms with Crippen LogP contribution in [0, 0.1) is 0 Å². The molecule has 0 aliphatic carbocycles. The van der Waals surface area contributed by atoms with Gasteiger partial charge in [-0.3, -0.25) is 0 Å². The van der Waals surface area contributed by atoms with Crippen molar-refractivity contribution < 1.29 is 9.90 Å². The van der Waals surface area contributed by atoms with Crippen LogP contribution in [0.15, 0.2) is 22.4 Å². The van der Waals surface area contributed by atoms with E-state index in [1.807, 2.05) is 10.4 Å². The van der Waals surface area contributed by atoms with Gasteiger partial charge in [0.15, 0.2) is 0 Å². The summed E-state index contributed by atoms with van der Waals surface area (Å²) in [4.78, 5) is 12.0. The van der Waals surface area contributed by atoms with E-state index in [0.29, 0.717) is 0 Å². The SMILES string of the molecule is C=CS/C=C\[Se]SCC(=O)O. The van der Waals surface area contributed by atoms with Gasteiger partial charge in [0.05, 0.1) is 0 Å². The number of rotatable bonds is 6. The molecule has 1 N–H and O–H groups in total. The number of hydrogen-bond donors (Lipinski definition) is 1. The molecule has 0 aromatic rings. The average Bonchev–Trinajstić information content (AvgIpc) is 1.96. The fourth-order valence-corrected chi connectivity index (χ4v) is 3.66. The van der Waals surface area contributed by atoms with Gasteiger partial charge in [-0.1, -0.05) is 0 Å². The van der Waals surface area contributed by atoms with Crippen LogP contribution in [0.1, 0.15) is 0 Å². The van der Waals surface area contributed by atoms with E-state index in [0.717, 1.165) is 0 Å². The Labute approximate surface area is 79.7 Å². The molecule has 0 fully saturated rings. The van der Waals surface area contributed by atoms with Crippen molar-refractivity contribution >= 4 is 41.7 Å². The quantitative estimate of drug-likeness (QED) is 0.580. The molecule has 0 spiro atoms. The van der Waals surface area contributed by atoms with Gasteiger partial charge in [-0.2, -0.15) is 0 Å². The summed E-state index contributed by atoms with van der Waals surface area (Å²) in [7, 11) is 1.44. The number of carboxylic acids is 1. The second kappa shape index (κ2) is 8.27. The molecule has 0 aromatic carbocycles. The second-order valence-electron chi connectivity index (χ2n) is 1.33. The van der Waals surface area contributed by atoms with Crippen LogP contribution in [-0.4, -0.2) is 30.7 Å². The Morgan fingerprint density at radius 3 is 3.00 bits per heavy atom. The summed E-state index contributed by atoms with van der Waals surface area (Å²) < 4.78 is 0. The first kappa shape index (κ1) is 11.2. The van der Waals surface area contributed by atoms with Gasteiger partial charge in [0.1, 0.15) is 0 Å². The third-order valence-corrected chi connectivity index (χ3v) is 4.61. The maximum absolute atomic E-state index is 10.0. The van der Waals surface area contributed by atoms with E-state index in [-0.39, 0.29) is 19.6 Å². The second-order valence-corrected chi connectivity index (χ2v) is 6.19. The zero-order chi connectivity index (χ0) is 8.53. The molecule has 0 saturated heterocycles. The van der Waals surface area contributed by atoms with Gasteiger partial charge in [-0.15, -0.1) is 0 Å². The molecule has 0 radical (unpaired) electrons. The molecule has 0 unspecified atom stereocenters. The minimum absolute atomic E-state index is 0.198. The molecular weight excluding hydrogens is 247 g/mol. The van der Waals surface area contributed by atoms with E-state index < -0.39 is 5.97 Å².